The van der Waals surface area contributed by atoms with Gasteiger partial charge in [-0.3, -0.25) is 9.67 Å². The van der Waals surface area contributed by atoms with E-state index in [0.717, 1.165) is 41.9 Å². The number of amides is 1. The Morgan fingerprint density at radius 3 is 2.87 bits per heavy atom. The van der Waals surface area contributed by atoms with Crippen LogP contribution in [0.3, 0.4) is 0 Å². The normalized spacial score (nSPS) is 20.7. The molecule has 3 N–H and O–H groups in total. The maximum Gasteiger partial charge on any atom is 0.407 e. The molecule has 160 valence electrons. The average Bonchev–Trinajstić information content (AvgIpc) is 3.47. The van der Waals surface area contributed by atoms with Crippen LogP contribution in [0.5, 0.6) is 5.75 Å². The molecule has 2 atom stereocenters. The van der Waals surface area contributed by atoms with Gasteiger partial charge in [-0.05, 0) is 38.0 Å². The molecule has 31 heavy (non-hydrogen) atoms. The molecule has 2 aliphatic heterocycles. The predicted octanol–water partition coefficient (Wildman–Crippen LogP) is 3.09. The number of nitrogens with zero attached hydrogens (tertiary/aromatic N) is 5. The first kappa shape index (κ1) is 19.3. The molecular weight excluding hydrogens is 396 g/mol. The summed E-state index contributed by atoms with van der Waals surface area (Å²) >= 11 is 0. The molecule has 0 saturated carbocycles. The standard InChI is InChI=1S/C22H24N6O3/c1-14(15-3-2-6-24-11-15)31-18-9-16(12-25-20(18)23)17-10-19-22(5-8-28(19)26-17)4-7-27(13-22)21(29)30/h2-3,6,9-12,14H,4-5,7-8,13H2,1H3,(H2,23,25)(H,29,30)/t14-,22-/m1/s1. The second-order valence-corrected chi connectivity index (χ2v) is 8.28. The fourth-order valence-corrected chi connectivity index (χ4v) is 4.62. The van der Waals surface area contributed by atoms with Gasteiger partial charge >= 0.3 is 6.09 Å². The minimum Gasteiger partial charge on any atom is -0.482 e. The molecule has 0 aliphatic carbocycles. The second kappa shape index (κ2) is 7.26. The number of pyridine rings is 2. The molecule has 5 rings (SSSR count). The van der Waals surface area contributed by atoms with Crippen LogP contribution in [-0.4, -0.2) is 48.9 Å². The number of aryl methyl sites for hydroxylation is 1. The molecule has 0 bridgehead atoms. The Labute approximate surface area is 179 Å². The van der Waals surface area contributed by atoms with E-state index in [9.17, 15) is 9.90 Å². The molecule has 1 saturated heterocycles. The lowest BCUT2D eigenvalue weighted by Gasteiger charge is -2.22. The first-order chi connectivity index (χ1) is 14.9. The molecule has 9 heteroatoms. The molecule has 3 aromatic heterocycles. The van der Waals surface area contributed by atoms with Gasteiger partial charge in [0.25, 0.3) is 0 Å². The number of carbonyl (C=O) groups is 1. The van der Waals surface area contributed by atoms with Crippen LogP contribution < -0.4 is 10.5 Å². The van der Waals surface area contributed by atoms with Crippen LogP contribution in [0.1, 0.15) is 37.1 Å². The summed E-state index contributed by atoms with van der Waals surface area (Å²) < 4.78 is 8.07. The van der Waals surface area contributed by atoms with E-state index in [2.05, 4.69) is 16.0 Å². The highest BCUT2D eigenvalue weighted by molar-refractivity contribution is 5.67. The van der Waals surface area contributed by atoms with Crippen molar-refractivity contribution in [1.82, 2.24) is 24.6 Å². The van der Waals surface area contributed by atoms with Crippen molar-refractivity contribution in [1.29, 1.82) is 0 Å². The van der Waals surface area contributed by atoms with Gasteiger partial charge in [0.15, 0.2) is 11.6 Å². The number of anilines is 1. The van der Waals surface area contributed by atoms with Crippen LogP contribution in [-0.2, 0) is 12.0 Å². The molecule has 2 aliphatic rings. The van der Waals surface area contributed by atoms with E-state index < -0.39 is 6.09 Å². The molecule has 9 nitrogen and oxygen atoms in total. The molecule has 1 amide bonds. The Morgan fingerprint density at radius 2 is 2.13 bits per heavy atom. The number of nitrogen functional groups attached to an aromatic ring is 1. The Bertz CT molecular complexity index is 1130. The first-order valence-corrected chi connectivity index (χ1v) is 10.3. The minimum atomic E-state index is -0.859. The number of hydrogen-bond acceptors (Lipinski definition) is 6. The fraction of sp³-hybridized carbons (Fsp3) is 0.364. The van der Waals surface area contributed by atoms with Crippen molar-refractivity contribution < 1.29 is 14.6 Å². The number of ether oxygens (including phenoxy) is 1. The second-order valence-electron chi connectivity index (χ2n) is 8.28. The Hall–Kier alpha value is -3.62. The predicted molar refractivity (Wildman–Crippen MR) is 114 cm³/mol. The maximum atomic E-state index is 11.4. The number of nitrogens with two attached hydrogens (primary N) is 1. The summed E-state index contributed by atoms with van der Waals surface area (Å²) in [5.74, 6) is 0.810. The van der Waals surface area contributed by atoms with E-state index in [0.29, 0.717) is 24.7 Å². The smallest absolute Gasteiger partial charge is 0.407 e. The number of hydrogen-bond donors (Lipinski definition) is 2. The van der Waals surface area contributed by atoms with Gasteiger partial charge in [0.05, 0.1) is 5.69 Å². The third-order valence-corrected chi connectivity index (χ3v) is 6.38. The van der Waals surface area contributed by atoms with Crippen molar-refractivity contribution >= 4 is 11.9 Å². The topological polar surface area (TPSA) is 119 Å². The van der Waals surface area contributed by atoms with Crippen LogP contribution in [0.25, 0.3) is 11.3 Å². The molecular formula is C22H24N6O3. The highest BCUT2D eigenvalue weighted by atomic mass is 16.5. The van der Waals surface area contributed by atoms with Gasteiger partial charge < -0.3 is 20.5 Å². The Balaban J connectivity index is 1.42. The van der Waals surface area contributed by atoms with Gasteiger partial charge in [0.1, 0.15) is 6.10 Å². The number of fused-ring (bicyclic) bond motifs is 2. The number of likely N-dealkylation sites (tertiary alicyclic amines) is 1. The van der Waals surface area contributed by atoms with Crippen molar-refractivity contribution in [2.45, 2.75) is 37.8 Å². The van der Waals surface area contributed by atoms with Crippen LogP contribution in [0.2, 0.25) is 0 Å². The monoisotopic (exact) mass is 420 g/mol. The van der Waals surface area contributed by atoms with Crippen molar-refractivity contribution in [3.63, 3.8) is 0 Å². The van der Waals surface area contributed by atoms with E-state index in [1.165, 1.54) is 4.90 Å². The lowest BCUT2D eigenvalue weighted by atomic mass is 9.82. The molecule has 1 spiro atoms. The van der Waals surface area contributed by atoms with E-state index >= 15 is 0 Å². The molecule has 0 unspecified atom stereocenters. The van der Waals surface area contributed by atoms with Crippen LogP contribution >= 0.6 is 0 Å². The zero-order valence-corrected chi connectivity index (χ0v) is 17.2. The van der Waals surface area contributed by atoms with Gasteiger partial charge in [-0.1, -0.05) is 6.07 Å². The SMILES string of the molecule is C[C@@H](Oc1cc(-c2cc3n(n2)CC[C@@]32CCN(C(=O)O)C2)cnc1N)c1cccnc1. The zero-order valence-electron chi connectivity index (χ0n) is 17.2. The highest BCUT2D eigenvalue weighted by Crippen LogP contribution is 2.44. The largest absolute Gasteiger partial charge is 0.482 e. The van der Waals surface area contributed by atoms with Gasteiger partial charge in [0, 0.05) is 60.5 Å². The molecule has 0 aromatic carbocycles. The third kappa shape index (κ3) is 3.35. The summed E-state index contributed by atoms with van der Waals surface area (Å²) in [7, 11) is 0. The van der Waals surface area contributed by atoms with E-state index in [1.807, 2.05) is 29.8 Å². The first-order valence-electron chi connectivity index (χ1n) is 10.3. The zero-order chi connectivity index (χ0) is 21.6. The summed E-state index contributed by atoms with van der Waals surface area (Å²) in [5.41, 5.74) is 9.55. The van der Waals surface area contributed by atoms with Gasteiger partial charge in [-0.15, -0.1) is 0 Å². The van der Waals surface area contributed by atoms with Crippen molar-refractivity contribution in [2.24, 2.45) is 0 Å². The van der Waals surface area contributed by atoms with E-state index in [4.69, 9.17) is 15.6 Å². The summed E-state index contributed by atoms with van der Waals surface area (Å²) in [6.45, 7) is 3.80. The average molecular weight is 420 g/mol. The number of carboxylic acid groups (broad SMARTS) is 1. The lowest BCUT2D eigenvalue weighted by Crippen LogP contribution is -2.32. The van der Waals surface area contributed by atoms with E-state index in [-0.39, 0.29) is 11.5 Å². The van der Waals surface area contributed by atoms with Crippen molar-refractivity contribution in [2.75, 3.05) is 18.8 Å². The highest BCUT2D eigenvalue weighted by Gasteiger charge is 2.47. The molecule has 0 radical (unpaired) electrons. The van der Waals surface area contributed by atoms with Crippen LogP contribution in [0.15, 0.2) is 42.9 Å². The summed E-state index contributed by atoms with van der Waals surface area (Å²) in [5, 5.41) is 14.1. The van der Waals surface area contributed by atoms with E-state index in [1.54, 1.807) is 18.6 Å². The van der Waals surface area contributed by atoms with Crippen LogP contribution in [0, 0.1) is 0 Å². The van der Waals surface area contributed by atoms with Gasteiger partial charge in [-0.2, -0.15) is 5.10 Å². The third-order valence-electron chi connectivity index (χ3n) is 6.38. The number of rotatable bonds is 4. The maximum absolute atomic E-state index is 11.4. The van der Waals surface area contributed by atoms with Crippen molar-refractivity contribution in [3.05, 3.63) is 54.1 Å². The summed E-state index contributed by atoms with van der Waals surface area (Å²) in [6, 6.07) is 7.73. The molecule has 1 fully saturated rings. The van der Waals surface area contributed by atoms with Gasteiger partial charge in [0.2, 0.25) is 0 Å². The summed E-state index contributed by atoms with van der Waals surface area (Å²) in [6.07, 6.45) is 5.82. The Morgan fingerprint density at radius 1 is 1.29 bits per heavy atom. The molecule has 5 heterocycles. The van der Waals surface area contributed by atoms with Gasteiger partial charge in [-0.25, -0.2) is 9.78 Å². The lowest BCUT2D eigenvalue weighted by molar-refractivity contribution is 0.153. The Kier molecular flexibility index (Phi) is 4.53. The quantitative estimate of drug-likeness (QED) is 0.665. The minimum absolute atomic E-state index is 0.154. The molecule has 3 aromatic rings. The fourth-order valence-electron chi connectivity index (χ4n) is 4.62. The van der Waals surface area contributed by atoms with Crippen molar-refractivity contribution in [3.8, 4) is 17.0 Å². The summed E-state index contributed by atoms with van der Waals surface area (Å²) in [4.78, 5) is 21.4. The van der Waals surface area contributed by atoms with Crippen LogP contribution in [0.4, 0.5) is 10.6 Å². The number of aromatic nitrogens is 4.